The van der Waals surface area contributed by atoms with Crippen LogP contribution in [0.5, 0.6) is 11.5 Å². The first-order chi connectivity index (χ1) is 23.5. The highest BCUT2D eigenvalue weighted by molar-refractivity contribution is 6.25. The van der Waals surface area contributed by atoms with Crippen molar-refractivity contribution in [2.24, 2.45) is 5.92 Å². The van der Waals surface area contributed by atoms with Gasteiger partial charge in [-0.05, 0) is 104 Å². The second-order valence-corrected chi connectivity index (χ2v) is 12.6. The Balaban J connectivity index is 0.000000269. The summed E-state index contributed by atoms with van der Waals surface area (Å²) >= 11 is 10.9. The monoisotopic (exact) mass is 694 g/mol. The summed E-state index contributed by atoms with van der Waals surface area (Å²) in [5.74, 6) is 8.09. The van der Waals surface area contributed by atoms with Crippen LogP contribution in [0, 0.1) is 29.4 Å². The minimum absolute atomic E-state index is 0.119. The van der Waals surface area contributed by atoms with E-state index in [1.54, 1.807) is 30.4 Å². The molecule has 2 nitrogen and oxygen atoms in total. The third-order valence-corrected chi connectivity index (χ3v) is 8.87. The number of benzene rings is 3. The fourth-order valence-electron chi connectivity index (χ4n) is 5.85. The van der Waals surface area contributed by atoms with Gasteiger partial charge in [0.1, 0.15) is 24.8 Å². The zero-order valence-corrected chi connectivity index (χ0v) is 30.0. The molecule has 3 aromatic carbocycles. The number of rotatable bonds is 15. The molecule has 0 bridgehead atoms. The molecule has 48 heavy (non-hydrogen) atoms. The number of aryl methyl sites for hydroxylation is 1. The number of hydrogen-bond donors (Lipinski definition) is 0. The Morgan fingerprint density at radius 3 is 2.08 bits per heavy atom. The molecule has 0 N–H and O–H groups in total. The Hall–Kier alpha value is -3.26. The molecule has 0 radical (unpaired) electrons. The fourth-order valence-corrected chi connectivity index (χ4v) is 6.00. The van der Waals surface area contributed by atoms with E-state index in [9.17, 15) is 8.78 Å². The van der Waals surface area contributed by atoms with Crippen LogP contribution in [0.4, 0.5) is 8.78 Å². The smallest absolute Gasteiger partial charge is 0.165 e. The quantitative estimate of drug-likeness (QED) is 0.116. The van der Waals surface area contributed by atoms with Gasteiger partial charge < -0.3 is 9.47 Å². The van der Waals surface area contributed by atoms with E-state index in [1.165, 1.54) is 86.6 Å². The molecule has 0 atom stereocenters. The maximum atomic E-state index is 14.5. The summed E-state index contributed by atoms with van der Waals surface area (Å²) in [5.41, 5.74) is 6.10. The molecule has 258 valence electrons. The molecule has 1 saturated carbocycles. The molecule has 0 aliphatic heterocycles. The van der Waals surface area contributed by atoms with Gasteiger partial charge in [0.2, 0.25) is 0 Å². The Bertz CT molecular complexity index is 1470. The zero-order chi connectivity index (χ0) is 34.4. The standard InChI is InChI=1S/C23H27ClF2O.C19H23ClO/c1-2-3-4-5-6-7-9-18-10-12-20(21(25)16-18)19-11-13-23(22(26)17-19)27-15-8-14-24;1-2-3-5-16-6-8-17(9-7-16)18-10-12-19(13-11-18)21-15-4-14-20/h8,10-14,16-17H,2-7,9,15H2,1H3;4,10-14,16-17H,2,6-9,15H2,1H3/b14-8+;14-4+. The highest BCUT2D eigenvalue weighted by Crippen LogP contribution is 2.36. The third-order valence-electron chi connectivity index (χ3n) is 8.52. The molecule has 0 heterocycles. The molecule has 0 aromatic heterocycles. The highest BCUT2D eigenvalue weighted by Gasteiger charge is 2.21. The van der Waals surface area contributed by atoms with Gasteiger partial charge in [-0.25, -0.2) is 8.78 Å². The fraction of sp³-hybridized carbons (Fsp3) is 0.429. The van der Waals surface area contributed by atoms with Gasteiger partial charge in [-0.1, -0.05) is 105 Å². The van der Waals surface area contributed by atoms with Crippen LogP contribution < -0.4 is 9.47 Å². The molecule has 1 aliphatic carbocycles. The minimum Gasteiger partial charge on any atom is -0.490 e. The molecule has 0 saturated heterocycles. The SMILES string of the molecule is CCC#CC1CCC(c2ccc(OC/C=C/Cl)cc2)CC1.CCCCCCCCc1ccc(-c2ccc(OC/C=C/Cl)c(F)c2)c(F)c1. The van der Waals surface area contributed by atoms with E-state index in [1.807, 2.05) is 6.07 Å². The number of hydrogen-bond acceptors (Lipinski definition) is 2. The molecule has 4 rings (SSSR count). The third kappa shape index (κ3) is 14.1. The van der Waals surface area contributed by atoms with Gasteiger partial charge in [0.05, 0.1) is 0 Å². The first-order valence-electron chi connectivity index (χ1n) is 17.4. The summed E-state index contributed by atoms with van der Waals surface area (Å²) in [5, 5.41) is 0. The Morgan fingerprint density at radius 1 is 0.750 bits per heavy atom. The van der Waals surface area contributed by atoms with Crippen LogP contribution >= 0.6 is 23.2 Å². The Labute approximate surface area is 297 Å². The van der Waals surface area contributed by atoms with Gasteiger partial charge in [0.15, 0.2) is 11.6 Å². The van der Waals surface area contributed by atoms with Crippen LogP contribution in [-0.2, 0) is 6.42 Å². The maximum Gasteiger partial charge on any atom is 0.165 e. The molecule has 0 unspecified atom stereocenters. The summed E-state index contributed by atoms with van der Waals surface area (Å²) in [4.78, 5) is 0. The van der Waals surface area contributed by atoms with Crippen molar-refractivity contribution < 1.29 is 18.3 Å². The summed E-state index contributed by atoms with van der Waals surface area (Å²) in [7, 11) is 0. The van der Waals surface area contributed by atoms with E-state index < -0.39 is 5.82 Å². The van der Waals surface area contributed by atoms with Crippen LogP contribution in [0.3, 0.4) is 0 Å². The minimum atomic E-state index is -0.522. The van der Waals surface area contributed by atoms with E-state index in [-0.39, 0.29) is 18.2 Å². The van der Waals surface area contributed by atoms with E-state index in [2.05, 4.69) is 50.0 Å². The van der Waals surface area contributed by atoms with Gasteiger partial charge >= 0.3 is 0 Å². The van der Waals surface area contributed by atoms with E-state index in [0.717, 1.165) is 30.6 Å². The summed E-state index contributed by atoms with van der Waals surface area (Å²) in [6.45, 7) is 5.02. The van der Waals surface area contributed by atoms with Gasteiger partial charge in [0, 0.05) is 29.0 Å². The van der Waals surface area contributed by atoms with Crippen molar-refractivity contribution in [3.63, 3.8) is 0 Å². The lowest BCUT2D eigenvalue weighted by Gasteiger charge is -2.26. The van der Waals surface area contributed by atoms with E-state index in [4.69, 9.17) is 32.7 Å². The van der Waals surface area contributed by atoms with Crippen LogP contribution in [0.15, 0.2) is 83.9 Å². The lowest BCUT2D eigenvalue weighted by atomic mass is 9.79. The molecule has 3 aromatic rings. The molecule has 0 amide bonds. The highest BCUT2D eigenvalue weighted by atomic mass is 35.5. The average Bonchev–Trinajstić information content (AvgIpc) is 3.11. The van der Waals surface area contributed by atoms with Crippen molar-refractivity contribution in [2.75, 3.05) is 13.2 Å². The van der Waals surface area contributed by atoms with E-state index >= 15 is 0 Å². The Kier molecular flexibility index (Phi) is 18.9. The van der Waals surface area contributed by atoms with Crippen molar-refractivity contribution in [3.8, 4) is 34.5 Å². The molecule has 1 fully saturated rings. The topological polar surface area (TPSA) is 18.5 Å². The van der Waals surface area contributed by atoms with E-state index in [0.29, 0.717) is 29.6 Å². The lowest BCUT2D eigenvalue weighted by molar-refractivity contribution is 0.342. The first kappa shape index (κ1) is 39.2. The van der Waals surface area contributed by atoms with Crippen LogP contribution in [0.1, 0.15) is 102 Å². The van der Waals surface area contributed by atoms with Crippen molar-refractivity contribution in [1.82, 2.24) is 0 Å². The average molecular weight is 696 g/mol. The number of halogens is 4. The van der Waals surface area contributed by atoms with Gasteiger partial charge in [-0.15, -0.1) is 5.92 Å². The van der Waals surface area contributed by atoms with Crippen LogP contribution in [0.2, 0.25) is 0 Å². The number of unbranched alkanes of at least 4 members (excludes halogenated alkanes) is 5. The normalized spacial score (nSPS) is 15.9. The molecular formula is C42H50Cl2F2O2. The second kappa shape index (κ2) is 23.2. The lowest BCUT2D eigenvalue weighted by Crippen LogP contribution is -2.12. The maximum absolute atomic E-state index is 14.5. The predicted octanol–water partition coefficient (Wildman–Crippen LogP) is 13.2. The first-order valence-corrected chi connectivity index (χ1v) is 18.3. The number of ether oxygens (including phenoxy) is 2. The Morgan fingerprint density at radius 2 is 1.44 bits per heavy atom. The van der Waals surface area contributed by atoms with Gasteiger partial charge in [0.25, 0.3) is 0 Å². The largest absolute Gasteiger partial charge is 0.490 e. The molecule has 1 aliphatic rings. The molecule has 6 heteroatoms. The molecular weight excluding hydrogens is 645 g/mol. The summed E-state index contributed by atoms with van der Waals surface area (Å²) < 4.78 is 39.5. The van der Waals surface area contributed by atoms with Crippen LogP contribution in [0.25, 0.3) is 11.1 Å². The summed E-state index contributed by atoms with van der Waals surface area (Å²) in [6, 6.07) is 18.2. The van der Waals surface area contributed by atoms with Crippen LogP contribution in [-0.4, -0.2) is 13.2 Å². The van der Waals surface area contributed by atoms with Crippen molar-refractivity contribution in [2.45, 2.75) is 96.8 Å². The van der Waals surface area contributed by atoms with Gasteiger partial charge in [-0.2, -0.15) is 0 Å². The zero-order valence-electron chi connectivity index (χ0n) is 28.5. The molecule has 0 spiro atoms. The van der Waals surface area contributed by atoms with Crippen molar-refractivity contribution in [3.05, 3.63) is 107 Å². The summed E-state index contributed by atoms with van der Waals surface area (Å²) in [6.07, 6.45) is 17.4. The van der Waals surface area contributed by atoms with Gasteiger partial charge in [-0.3, -0.25) is 0 Å². The second-order valence-electron chi connectivity index (χ2n) is 12.1. The predicted molar refractivity (Wildman–Crippen MR) is 199 cm³/mol. The van der Waals surface area contributed by atoms with Crippen molar-refractivity contribution in [1.29, 1.82) is 0 Å². The van der Waals surface area contributed by atoms with Crippen molar-refractivity contribution >= 4 is 23.2 Å².